The van der Waals surface area contributed by atoms with Gasteiger partial charge in [-0.05, 0) is 42.5 Å². The lowest BCUT2D eigenvalue weighted by molar-refractivity contribution is 0.589. The number of nitrogens with two attached hydrogens (primary N) is 1. The minimum Gasteiger partial charge on any atom is -0.325 e. The van der Waals surface area contributed by atoms with Gasteiger partial charge >= 0.3 is 0 Å². The molecule has 1 nitrogen and oxygen atoms in total. The van der Waals surface area contributed by atoms with E-state index in [1.807, 2.05) is 12.1 Å². The van der Waals surface area contributed by atoms with Gasteiger partial charge in [0.25, 0.3) is 0 Å². The third-order valence-corrected chi connectivity index (χ3v) is 4.36. The van der Waals surface area contributed by atoms with E-state index in [1.165, 1.54) is 11.1 Å². The van der Waals surface area contributed by atoms with E-state index in [9.17, 15) is 0 Å². The zero-order chi connectivity index (χ0) is 13.3. The molecule has 0 saturated heterocycles. The Hall–Kier alpha value is -1.31. The van der Waals surface area contributed by atoms with E-state index in [1.54, 1.807) is 0 Å². The van der Waals surface area contributed by atoms with Crippen LogP contribution < -0.4 is 5.73 Å². The van der Waals surface area contributed by atoms with E-state index < -0.39 is 0 Å². The summed E-state index contributed by atoms with van der Waals surface area (Å²) in [5.74, 6) is 0.494. The highest BCUT2D eigenvalue weighted by Gasteiger charge is 2.50. The first-order chi connectivity index (χ1) is 9.17. The van der Waals surface area contributed by atoms with Crippen LogP contribution in [0.15, 0.2) is 54.6 Å². The molecule has 0 bridgehead atoms. The molecule has 19 heavy (non-hydrogen) atoms. The van der Waals surface area contributed by atoms with Crippen molar-refractivity contribution in [1.29, 1.82) is 0 Å². The number of rotatable bonds is 4. The minimum absolute atomic E-state index is 0.0241. The maximum Gasteiger partial charge on any atom is 0.0406 e. The molecule has 2 aromatic rings. The van der Waals surface area contributed by atoms with Crippen molar-refractivity contribution in [2.75, 3.05) is 0 Å². The molecule has 2 N–H and O–H groups in total. The predicted octanol–water partition coefficient (Wildman–Crippen LogP) is 4.16. The van der Waals surface area contributed by atoms with Crippen molar-refractivity contribution in [2.24, 2.45) is 5.73 Å². The van der Waals surface area contributed by atoms with E-state index in [0.717, 1.165) is 24.3 Å². The largest absolute Gasteiger partial charge is 0.325 e. The van der Waals surface area contributed by atoms with Crippen LogP contribution in [0.3, 0.4) is 0 Å². The van der Waals surface area contributed by atoms with Crippen molar-refractivity contribution in [3.05, 3.63) is 70.7 Å². The van der Waals surface area contributed by atoms with Crippen molar-refractivity contribution in [3.63, 3.8) is 0 Å². The quantitative estimate of drug-likeness (QED) is 0.888. The molecule has 0 spiro atoms. The Balaban J connectivity index is 1.62. The van der Waals surface area contributed by atoms with Crippen LogP contribution in [0.1, 0.15) is 29.9 Å². The second-order valence-corrected chi connectivity index (χ2v) is 5.96. The van der Waals surface area contributed by atoms with E-state index in [0.29, 0.717) is 5.92 Å². The average molecular weight is 272 g/mol. The highest BCUT2D eigenvalue weighted by atomic mass is 35.5. The summed E-state index contributed by atoms with van der Waals surface area (Å²) < 4.78 is 0. The first-order valence-electron chi connectivity index (χ1n) is 6.76. The molecule has 0 aromatic heterocycles. The average Bonchev–Trinajstić information content (AvgIpc) is 3.11. The van der Waals surface area contributed by atoms with Gasteiger partial charge in [-0.3, -0.25) is 0 Å². The van der Waals surface area contributed by atoms with Crippen LogP contribution in [-0.4, -0.2) is 5.54 Å². The fraction of sp³-hybridized carbons (Fsp3) is 0.294. The second-order valence-electron chi connectivity index (χ2n) is 5.53. The summed E-state index contributed by atoms with van der Waals surface area (Å²) in [5, 5.41) is 0.788. The first kappa shape index (κ1) is 12.7. The molecule has 1 fully saturated rings. The molecule has 1 aliphatic rings. The molecular weight excluding hydrogens is 254 g/mol. The molecule has 2 heteroatoms. The van der Waals surface area contributed by atoms with Crippen LogP contribution in [0.2, 0.25) is 5.02 Å². The fourth-order valence-electron chi connectivity index (χ4n) is 2.76. The minimum atomic E-state index is -0.0241. The molecule has 0 radical (unpaired) electrons. The van der Waals surface area contributed by atoms with Gasteiger partial charge in [0.15, 0.2) is 0 Å². The van der Waals surface area contributed by atoms with Crippen LogP contribution in [0, 0.1) is 0 Å². The number of benzene rings is 2. The Labute approximate surface area is 119 Å². The summed E-state index contributed by atoms with van der Waals surface area (Å²) in [4.78, 5) is 0. The number of hydrogen-bond acceptors (Lipinski definition) is 1. The van der Waals surface area contributed by atoms with Crippen LogP contribution in [-0.2, 0) is 6.42 Å². The van der Waals surface area contributed by atoms with Gasteiger partial charge in [-0.1, -0.05) is 54.1 Å². The molecule has 1 saturated carbocycles. The van der Waals surface area contributed by atoms with E-state index in [2.05, 4.69) is 42.5 Å². The molecule has 0 aliphatic heterocycles. The second kappa shape index (κ2) is 4.99. The molecule has 98 valence electrons. The van der Waals surface area contributed by atoms with Crippen molar-refractivity contribution in [3.8, 4) is 0 Å². The Morgan fingerprint density at radius 3 is 2.42 bits per heavy atom. The maximum atomic E-state index is 6.48. The summed E-state index contributed by atoms with van der Waals surface area (Å²) in [6.45, 7) is 0. The van der Waals surface area contributed by atoms with Crippen LogP contribution >= 0.6 is 11.6 Å². The van der Waals surface area contributed by atoms with E-state index in [-0.39, 0.29) is 5.54 Å². The zero-order valence-corrected chi connectivity index (χ0v) is 11.6. The standard InChI is InChI=1S/C17H18ClN/c18-15-8-6-14(7-9-15)16-12-17(16,19)11-10-13-4-2-1-3-5-13/h1-9,16H,10-12,19H2. The van der Waals surface area contributed by atoms with Gasteiger partial charge in [-0.2, -0.15) is 0 Å². The van der Waals surface area contributed by atoms with Crippen molar-refractivity contribution >= 4 is 11.6 Å². The predicted molar refractivity (Wildman–Crippen MR) is 80.5 cm³/mol. The van der Waals surface area contributed by atoms with E-state index in [4.69, 9.17) is 17.3 Å². The molecule has 2 atom stereocenters. The fourth-order valence-corrected chi connectivity index (χ4v) is 2.89. The highest BCUT2D eigenvalue weighted by Crippen LogP contribution is 2.52. The summed E-state index contributed by atoms with van der Waals surface area (Å²) in [5.41, 5.74) is 9.14. The summed E-state index contributed by atoms with van der Waals surface area (Å²) >= 11 is 5.92. The summed E-state index contributed by atoms with van der Waals surface area (Å²) in [7, 11) is 0. The normalized spacial score (nSPS) is 25.3. The molecule has 0 amide bonds. The van der Waals surface area contributed by atoms with Gasteiger partial charge < -0.3 is 5.73 Å². The molecule has 0 heterocycles. The van der Waals surface area contributed by atoms with Gasteiger partial charge in [0.05, 0.1) is 0 Å². The van der Waals surface area contributed by atoms with E-state index >= 15 is 0 Å². The van der Waals surface area contributed by atoms with Gasteiger partial charge in [0, 0.05) is 16.5 Å². The number of aryl methyl sites for hydroxylation is 1. The maximum absolute atomic E-state index is 6.48. The van der Waals surface area contributed by atoms with Gasteiger partial charge in [0.2, 0.25) is 0 Å². The summed E-state index contributed by atoms with van der Waals surface area (Å²) in [6, 6.07) is 18.7. The van der Waals surface area contributed by atoms with Crippen LogP contribution in [0.5, 0.6) is 0 Å². The van der Waals surface area contributed by atoms with Gasteiger partial charge in [-0.25, -0.2) is 0 Å². The lowest BCUT2D eigenvalue weighted by atomic mass is 10.00. The topological polar surface area (TPSA) is 26.0 Å². The molecule has 2 aromatic carbocycles. The Bertz CT molecular complexity index is 549. The lowest BCUT2D eigenvalue weighted by Crippen LogP contribution is -2.25. The smallest absolute Gasteiger partial charge is 0.0406 e. The first-order valence-corrected chi connectivity index (χ1v) is 7.13. The van der Waals surface area contributed by atoms with Crippen LogP contribution in [0.25, 0.3) is 0 Å². The van der Waals surface area contributed by atoms with Crippen molar-refractivity contribution < 1.29 is 0 Å². The SMILES string of the molecule is NC1(CCc2ccccc2)CC1c1ccc(Cl)cc1. The number of hydrogen-bond donors (Lipinski definition) is 1. The van der Waals surface area contributed by atoms with Crippen molar-refractivity contribution in [1.82, 2.24) is 0 Å². The highest BCUT2D eigenvalue weighted by molar-refractivity contribution is 6.30. The monoisotopic (exact) mass is 271 g/mol. The third kappa shape index (κ3) is 2.83. The Kier molecular flexibility index (Phi) is 3.34. The summed E-state index contributed by atoms with van der Waals surface area (Å²) in [6.07, 6.45) is 3.19. The van der Waals surface area contributed by atoms with Gasteiger partial charge in [-0.15, -0.1) is 0 Å². The number of halogens is 1. The zero-order valence-electron chi connectivity index (χ0n) is 10.9. The Morgan fingerprint density at radius 1 is 1.05 bits per heavy atom. The van der Waals surface area contributed by atoms with Crippen molar-refractivity contribution in [2.45, 2.75) is 30.7 Å². The third-order valence-electron chi connectivity index (χ3n) is 4.11. The molecule has 1 aliphatic carbocycles. The molecule has 3 rings (SSSR count). The van der Waals surface area contributed by atoms with Crippen LogP contribution in [0.4, 0.5) is 0 Å². The molecule has 2 unspecified atom stereocenters. The Morgan fingerprint density at radius 2 is 1.74 bits per heavy atom. The molecular formula is C17H18ClN. The lowest BCUT2D eigenvalue weighted by Gasteiger charge is -2.12. The van der Waals surface area contributed by atoms with Gasteiger partial charge in [0.1, 0.15) is 0 Å².